The van der Waals surface area contributed by atoms with Gasteiger partial charge in [-0.3, -0.25) is 4.79 Å². The molecule has 0 aliphatic carbocycles. The van der Waals surface area contributed by atoms with Gasteiger partial charge in [0.2, 0.25) is 5.76 Å². The van der Waals surface area contributed by atoms with E-state index in [-0.39, 0.29) is 17.5 Å². The molecule has 0 unspecified atom stereocenters. The van der Waals surface area contributed by atoms with Crippen molar-refractivity contribution in [1.29, 1.82) is 0 Å². The van der Waals surface area contributed by atoms with Crippen LogP contribution in [-0.2, 0) is 13.2 Å². The fourth-order valence-electron chi connectivity index (χ4n) is 2.07. The number of amides is 1. The molecule has 1 amide bonds. The van der Waals surface area contributed by atoms with Crippen molar-refractivity contribution >= 4 is 17.5 Å². The fourth-order valence-corrected chi connectivity index (χ4v) is 2.27. The Bertz CT molecular complexity index is 818. The molecule has 0 saturated heterocycles. The lowest BCUT2D eigenvalue weighted by atomic mass is 10.2. The van der Waals surface area contributed by atoms with Crippen LogP contribution < -0.4 is 10.1 Å². The molecule has 1 N–H and O–H groups in total. The van der Waals surface area contributed by atoms with Crippen molar-refractivity contribution in [2.45, 2.75) is 13.2 Å². The minimum atomic E-state index is -0.378. The number of halogens is 1. The van der Waals surface area contributed by atoms with E-state index in [2.05, 4.69) is 10.5 Å². The summed E-state index contributed by atoms with van der Waals surface area (Å²) in [7, 11) is 0. The number of nitrogens with zero attached hydrogens (tertiary/aromatic N) is 1. The van der Waals surface area contributed by atoms with Gasteiger partial charge >= 0.3 is 0 Å². The molecular formula is C18H15ClN2O3. The number of rotatable bonds is 6. The second-order valence-corrected chi connectivity index (χ2v) is 5.48. The van der Waals surface area contributed by atoms with E-state index in [1.807, 2.05) is 48.5 Å². The summed E-state index contributed by atoms with van der Waals surface area (Å²) in [6.07, 6.45) is 0. The van der Waals surface area contributed by atoms with Crippen LogP contribution in [0.4, 0.5) is 0 Å². The third-order valence-corrected chi connectivity index (χ3v) is 3.71. The van der Waals surface area contributed by atoms with Crippen molar-refractivity contribution in [3.05, 3.63) is 82.6 Å². The normalized spacial score (nSPS) is 10.4. The van der Waals surface area contributed by atoms with Gasteiger partial charge in [0.15, 0.2) is 0 Å². The van der Waals surface area contributed by atoms with Crippen LogP contribution in [0.2, 0.25) is 5.02 Å². The van der Waals surface area contributed by atoms with Crippen LogP contribution >= 0.6 is 11.6 Å². The average Bonchev–Trinajstić information content (AvgIpc) is 3.09. The maximum absolute atomic E-state index is 12.1. The van der Waals surface area contributed by atoms with Gasteiger partial charge < -0.3 is 14.6 Å². The van der Waals surface area contributed by atoms with Gasteiger partial charge in [-0.05, 0) is 22.3 Å². The van der Waals surface area contributed by atoms with E-state index in [0.29, 0.717) is 18.2 Å². The van der Waals surface area contributed by atoms with Crippen molar-refractivity contribution in [2.75, 3.05) is 0 Å². The molecule has 0 aliphatic rings. The first-order valence-corrected chi connectivity index (χ1v) is 7.75. The lowest BCUT2D eigenvalue weighted by Crippen LogP contribution is -2.22. The van der Waals surface area contributed by atoms with Gasteiger partial charge in [0.25, 0.3) is 11.8 Å². The van der Waals surface area contributed by atoms with Crippen molar-refractivity contribution < 1.29 is 14.1 Å². The first-order chi connectivity index (χ1) is 11.7. The smallest absolute Gasteiger partial charge is 0.290 e. The van der Waals surface area contributed by atoms with E-state index in [1.54, 1.807) is 6.07 Å². The van der Waals surface area contributed by atoms with Crippen LogP contribution in [-0.4, -0.2) is 11.1 Å². The Morgan fingerprint density at radius 3 is 2.67 bits per heavy atom. The van der Waals surface area contributed by atoms with E-state index in [4.69, 9.17) is 20.9 Å². The summed E-state index contributed by atoms with van der Waals surface area (Å²) in [6, 6.07) is 18.4. The second-order valence-electron chi connectivity index (χ2n) is 5.08. The van der Waals surface area contributed by atoms with Gasteiger partial charge in [0.1, 0.15) is 6.61 Å². The minimum Gasteiger partial charge on any atom is -0.471 e. The monoisotopic (exact) mass is 342 g/mol. The molecular weight excluding hydrogens is 328 g/mol. The van der Waals surface area contributed by atoms with Crippen molar-refractivity contribution in [1.82, 2.24) is 10.5 Å². The van der Waals surface area contributed by atoms with E-state index in [0.717, 1.165) is 11.1 Å². The maximum Gasteiger partial charge on any atom is 0.290 e. The molecule has 0 radical (unpaired) electrons. The minimum absolute atomic E-state index is 0.0881. The third-order valence-electron chi connectivity index (χ3n) is 3.34. The van der Waals surface area contributed by atoms with Crippen LogP contribution in [0.5, 0.6) is 5.88 Å². The SMILES string of the molecule is O=C(NCc1ccccc1Cl)c1cc(OCc2ccccc2)no1. The molecule has 122 valence electrons. The number of hydrogen-bond acceptors (Lipinski definition) is 4. The summed E-state index contributed by atoms with van der Waals surface area (Å²) in [5.74, 6) is -0.0242. The summed E-state index contributed by atoms with van der Waals surface area (Å²) in [6.45, 7) is 0.660. The van der Waals surface area contributed by atoms with Gasteiger partial charge in [-0.2, -0.15) is 0 Å². The average molecular weight is 343 g/mol. The second kappa shape index (κ2) is 7.66. The zero-order valence-electron chi connectivity index (χ0n) is 12.7. The Morgan fingerprint density at radius 1 is 1.12 bits per heavy atom. The summed E-state index contributed by atoms with van der Waals surface area (Å²) >= 11 is 6.05. The zero-order chi connectivity index (χ0) is 16.8. The van der Waals surface area contributed by atoms with Crippen molar-refractivity contribution in [3.8, 4) is 5.88 Å². The summed E-state index contributed by atoms with van der Waals surface area (Å²) in [5, 5.41) is 7.07. The molecule has 0 atom stereocenters. The highest BCUT2D eigenvalue weighted by Crippen LogP contribution is 2.16. The van der Waals surface area contributed by atoms with E-state index < -0.39 is 0 Å². The van der Waals surface area contributed by atoms with E-state index in [1.165, 1.54) is 6.07 Å². The molecule has 1 aromatic heterocycles. The summed E-state index contributed by atoms with van der Waals surface area (Å²) in [5.41, 5.74) is 1.83. The highest BCUT2D eigenvalue weighted by molar-refractivity contribution is 6.31. The first-order valence-electron chi connectivity index (χ1n) is 7.37. The van der Waals surface area contributed by atoms with Gasteiger partial charge in [0, 0.05) is 11.6 Å². The number of nitrogens with one attached hydrogen (secondary N) is 1. The van der Waals surface area contributed by atoms with Gasteiger partial charge in [-0.25, -0.2) is 0 Å². The van der Waals surface area contributed by atoms with Crippen LogP contribution in [0.25, 0.3) is 0 Å². The number of benzene rings is 2. The number of carbonyl (C=O) groups is 1. The largest absolute Gasteiger partial charge is 0.471 e. The molecule has 0 bridgehead atoms. The Balaban J connectivity index is 1.55. The Labute approximate surface area is 144 Å². The first kappa shape index (κ1) is 16.1. The fraction of sp³-hybridized carbons (Fsp3) is 0.111. The van der Waals surface area contributed by atoms with Crippen molar-refractivity contribution in [3.63, 3.8) is 0 Å². The number of aromatic nitrogens is 1. The lowest BCUT2D eigenvalue weighted by molar-refractivity contribution is 0.0913. The Hall–Kier alpha value is -2.79. The zero-order valence-corrected chi connectivity index (χ0v) is 13.5. The number of hydrogen-bond donors (Lipinski definition) is 1. The molecule has 0 saturated carbocycles. The van der Waals surface area contributed by atoms with E-state index in [9.17, 15) is 4.79 Å². The number of ether oxygens (including phenoxy) is 1. The lowest BCUT2D eigenvalue weighted by Gasteiger charge is -2.04. The molecule has 5 nitrogen and oxygen atoms in total. The predicted octanol–water partition coefficient (Wildman–Crippen LogP) is 3.84. The van der Waals surface area contributed by atoms with Crippen LogP contribution in [0.15, 0.2) is 65.2 Å². The standard InChI is InChI=1S/C18H15ClN2O3/c19-15-9-5-4-8-14(15)11-20-18(22)16-10-17(21-24-16)23-12-13-6-2-1-3-7-13/h1-10H,11-12H2,(H,20,22). The van der Waals surface area contributed by atoms with Crippen LogP contribution in [0, 0.1) is 0 Å². The quantitative estimate of drug-likeness (QED) is 0.739. The Morgan fingerprint density at radius 2 is 1.88 bits per heavy atom. The molecule has 24 heavy (non-hydrogen) atoms. The molecule has 0 spiro atoms. The summed E-state index contributed by atoms with van der Waals surface area (Å²) in [4.78, 5) is 12.1. The molecule has 3 aromatic rings. The molecule has 1 heterocycles. The Kier molecular flexibility index (Phi) is 5.13. The maximum atomic E-state index is 12.1. The highest BCUT2D eigenvalue weighted by Gasteiger charge is 2.14. The van der Waals surface area contributed by atoms with Gasteiger partial charge in [0.05, 0.1) is 6.07 Å². The number of carbonyl (C=O) groups excluding carboxylic acids is 1. The predicted molar refractivity (Wildman–Crippen MR) is 89.9 cm³/mol. The van der Waals surface area contributed by atoms with Crippen LogP contribution in [0.1, 0.15) is 21.7 Å². The topological polar surface area (TPSA) is 64.4 Å². The molecule has 0 aliphatic heterocycles. The molecule has 3 rings (SSSR count). The molecule has 2 aromatic carbocycles. The van der Waals surface area contributed by atoms with Crippen LogP contribution in [0.3, 0.4) is 0 Å². The van der Waals surface area contributed by atoms with E-state index >= 15 is 0 Å². The van der Waals surface area contributed by atoms with Gasteiger partial charge in [-0.1, -0.05) is 60.1 Å². The van der Waals surface area contributed by atoms with Gasteiger partial charge in [-0.15, -0.1) is 0 Å². The highest BCUT2D eigenvalue weighted by atomic mass is 35.5. The summed E-state index contributed by atoms with van der Waals surface area (Å²) < 4.78 is 10.5. The van der Waals surface area contributed by atoms with Crippen molar-refractivity contribution in [2.24, 2.45) is 0 Å². The molecule has 0 fully saturated rings. The molecule has 6 heteroatoms. The third kappa shape index (κ3) is 4.14.